The highest BCUT2D eigenvalue weighted by molar-refractivity contribution is 5.61. The van der Waals surface area contributed by atoms with Crippen molar-refractivity contribution in [3.63, 3.8) is 0 Å². The van der Waals surface area contributed by atoms with Gasteiger partial charge in [-0.15, -0.1) is 0 Å². The van der Waals surface area contributed by atoms with Crippen molar-refractivity contribution in [1.29, 1.82) is 0 Å². The lowest BCUT2D eigenvalue weighted by atomic mass is 10.1. The van der Waals surface area contributed by atoms with E-state index in [0.717, 1.165) is 19.5 Å². The SMILES string of the molecule is CC1CCN(c2nc3ccccn3c(=O)c2[N+](=O)[O-])CCN1Cc1ccccc1. The zero-order valence-corrected chi connectivity index (χ0v) is 16.3. The van der Waals surface area contributed by atoms with Crippen LogP contribution in [0.3, 0.4) is 0 Å². The molecule has 0 aliphatic carbocycles. The summed E-state index contributed by atoms with van der Waals surface area (Å²) in [5.74, 6) is 0.167. The van der Waals surface area contributed by atoms with E-state index in [1.54, 1.807) is 18.2 Å². The van der Waals surface area contributed by atoms with Crippen LogP contribution < -0.4 is 10.5 Å². The summed E-state index contributed by atoms with van der Waals surface area (Å²) in [6.07, 6.45) is 2.34. The molecule has 1 atom stereocenters. The van der Waals surface area contributed by atoms with Gasteiger partial charge in [0, 0.05) is 38.4 Å². The Labute approximate surface area is 168 Å². The first-order valence-electron chi connectivity index (χ1n) is 9.73. The fraction of sp³-hybridized carbons (Fsp3) is 0.333. The molecule has 0 bridgehead atoms. The van der Waals surface area contributed by atoms with Gasteiger partial charge in [-0.3, -0.25) is 24.2 Å². The van der Waals surface area contributed by atoms with E-state index in [-0.39, 0.29) is 5.82 Å². The van der Waals surface area contributed by atoms with Gasteiger partial charge in [-0.25, -0.2) is 4.98 Å². The lowest BCUT2D eigenvalue weighted by Crippen LogP contribution is -2.35. The highest BCUT2D eigenvalue weighted by atomic mass is 16.6. The summed E-state index contributed by atoms with van der Waals surface area (Å²) in [5, 5.41) is 11.7. The zero-order chi connectivity index (χ0) is 20.4. The summed E-state index contributed by atoms with van der Waals surface area (Å²) in [7, 11) is 0. The Kier molecular flexibility index (Phi) is 5.26. The Bertz CT molecular complexity index is 1080. The van der Waals surface area contributed by atoms with Gasteiger partial charge >= 0.3 is 11.2 Å². The molecule has 1 aliphatic rings. The van der Waals surface area contributed by atoms with Crippen LogP contribution in [0.4, 0.5) is 11.5 Å². The summed E-state index contributed by atoms with van der Waals surface area (Å²) in [6, 6.07) is 15.7. The number of nitro groups is 1. The molecule has 0 spiro atoms. The van der Waals surface area contributed by atoms with Crippen molar-refractivity contribution >= 4 is 17.2 Å². The first kappa shape index (κ1) is 19.1. The fourth-order valence-corrected chi connectivity index (χ4v) is 3.82. The van der Waals surface area contributed by atoms with E-state index in [4.69, 9.17) is 0 Å². The lowest BCUT2D eigenvalue weighted by Gasteiger charge is -2.26. The molecule has 2 aromatic heterocycles. The Hall–Kier alpha value is -3.26. The molecule has 3 heterocycles. The van der Waals surface area contributed by atoms with Gasteiger partial charge in [0.15, 0.2) is 0 Å². The van der Waals surface area contributed by atoms with Crippen LogP contribution in [0.15, 0.2) is 59.5 Å². The minimum atomic E-state index is -0.644. The van der Waals surface area contributed by atoms with Crippen LogP contribution in [0.2, 0.25) is 0 Å². The average Bonchev–Trinajstić information content (AvgIpc) is 2.90. The molecule has 1 aliphatic heterocycles. The quantitative estimate of drug-likeness (QED) is 0.501. The van der Waals surface area contributed by atoms with Crippen LogP contribution in [-0.2, 0) is 6.54 Å². The molecular formula is C21H23N5O3. The van der Waals surface area contributed by atoms with Crippen molar-refractivity contribution in [2.24, 2.45) is 0 Å². The monoisotopic (exact) mass is 393 g/mol. The second-order valence-electron chi connectivity index (χ2n) is 7.36. The largest absolute Gasteiger partial charge is 0.376 e. The number of pyridine rings is 1. The predicted molar refractivity (Wildman–Crippen MR) is 111 cm³/mol. The number of nitrogens with zero attached hydrogens (tertiary/aromatic N) is 5. The molecule has 4 rings (SSSR count). The summed E-state index contributed by atoms with van der Waals surface area (Å²) in [6.45, 7) is 4.93. The molecule has 1 aromatic carbocycles. The van der Waals surface area contributed by atoms with Crippen LogP contribution in [0.5, 0.6) is 0 Å². The van der Waals surface area contributed by atoms with Crippen LogP contribution in [0.1, 0.15) is 18.9 Å². The van der Waals surface area contributed by atoms with Crippen LogP contribution in [0, 0.1) is 10.1 Å². The van der Waals surface area contributed by atoms with Crippen LogP contribution >= 0.6 is 0 Å². The number of anilines is 1. The normalized spacial score (nSPS) is 18.0. The number of fused-ring (bicyclic) bond motifs is 1. The summed E-state index contributed by atoms with van der Waals surface area (Å²) < 4.78 is 1.23. The first-order chi connectivity index (χ1) is 14.0. The van der Waals surface area contributed by atoms with Crippen molar-refractivity contribution in [3.05, 3.63) is 80.8 Å². The van der Waals surface area contributed by atoms with Gasteiger partial charge in [0.05, 0.1) is 4.92 Å². The molecule has 8 heteroatoms. The van der Waals surface area contributed by atoms with Crippen molar-refractivity contribution in [2.45, 2.75) is 25.9 Å². The van der Waals surface area contributed by atoms with Crippen LogP contribution in [-0.4, -0.2) is 44.9 Å². The predicted octanol–water partition coefficient (Wildman–Crippen LogP) is 2.70. The molecule has 1 unspecified atom stereocenters. The number of hydrogen-bond acceptors (Lipinski definition) is 6. The van der Waals surface area contributed by atoms with Crippen LogP contribution in [0.25, 0.3) is 5.65 Å². The van der Waals surface area contributed by atoms with Gasteiger partial charge in [-0.2, -0.15) is 0 Å². The topological polar surface area (TPSA) is 84.0 Å². The van der Waals surface area contributed by atoms with E-state index < -0.39 is 16.2 Å². The first-order valence-corrected chi connectivity index (χ1v) is 9.73. The molecule has 0 N–H and O–H groups in total. The van der Waals surface area contributed by atoms with Gasteiger partial charge in [0.1, 0.15) is 5.65 Å². The maximum atomic E-state index is 12.7. The Morgan fingerprint density at radius 3 is 2.62 bits per heavy atom. The number of rotatable bonds is 4. The van der Waals surface area contributed by atoms with E-state index in [0.29, 0.717) is 24.8 Å². The fourth-order valence-electron chi connectivity index (χ4n) is 3.82. The standard InChI is InChI=1S/C21H23N5O3/c1-16-10-12-23(13-14-24(16)15-17-7-3-2-4-8-17)20-19(26(28)29)21(27)25-11-6-5-9-18(25)22-20/h2-9,11,16H,10,12-15H2,1H3. The minimum absolute atomic E-state index is 0.167. The Morgan fingerprint density at radius 1 is 1.10 bits per heavy atom. The molecule has 8 nitrogen and oxygen atoms in total. The maximum absolute atomic E-state index is 12.7. The van der Waals surface area contributed by atoms with Gasteiger partial charge in [-0.1, -0.05) is 36.4 Å². The summed E-state index contributed by atoms with van der Waals surface area (Å²) >= 11 is 0. The molecule has 0 saturated carbocycles. The van der Waals surface area contributed by atoms with E-state index in [1.165, 1.54) is 16.2 Å². The van der Waals surface area contributed by atoms with Crippen molar-refractivity contribution in [3.8, 4) is 0 Å². The van der Waals surface area contributed by atoms with Crippen molar-refractivity contribution < 1.29 is 4.92 Å². The molecule has 1 saturated heterocycles. The number of aromatic nitrogens is 2. The minimum Gasteiger partial charge on any atom is -0.349 e. The van der Waals surface area contributed by atoms with Gasteiger partial charge in [0.25, 0.3) is 0 Å². The summed E-state index contributed by atoms with van der Waals surface area (Å²) in [4.78, 5) is 32.6. The highest BCUT2D eigenvalue weighted by Gasteiger charge is 2.30. The Morgan fingerprint density at radius 2 is 1.86 bits per heavy atom. The molecule has 0 amide bonds. The summed E-state index contributed by atoms with van der Waals surface area (Å²) in [5.41, 5.74) is 0.546. The second-order valence-corrected chi connectivity index (χ2v) is 7.36. The second kappa shape index (κ2) is 8.00. The molecular weight excluding hydrogens is 370 g/mol. The lowest BCUT2D eigenvalue weighted by molar-refractivity contribution is -0.385. The molecule has 3 aromatic rings. The van der Waals surface area contributed by atoms with E-state index >= 15 is 0 Å². The van der Waals surface area contributed by atoms with Gasteiger partial charge < -0.3 is 4.90 Å². The molecule has 29 heavy (non-hydrogen) atoms. The third-order valence-electron chi connectivity index (χ3n) is 5.50. The Balaban J connectivity index is 1.65. The maximum Gasteiger partial charge on any atom is 0.376 e. The third-order valence-corrected chi connectivity index (χ3v) is 5.50. The van der Waals surface area contributed by atoms with Crippen molar-refractivity contribution in [2.75, 3.05) is 24.5 Å². The average molecular weight is 393 g/mol. The highest BCUT2D eigenvalue weighted by Crippen LogP contribution is 2.25. The van der Waals surface area contributed by atoms with E-state index in [1.807, 2.05) is 23.1 Å². The van der Waals surface area contributed by atoms with E-state index in [9.17, 15) is 14.9 Å². The zero-order valence-electron chi connectivity index (χ0n) is 16.3. The molecule has 0 radical (unpaired) electrons. The molecule has 1 fully saturated rings. The van der Waals surface area contributed by atoms with Gasteiger partial charge in [-0.05, 0) is 31.0 Å². The molecule has 150 valence electrons. The number of hydrogen-bond donors (Lipinski definition) is 0. The van der Waals surface area contributed by atoms with E-state index in [2.05, 4.69) is 28.9 Å². The smallest absolute Gasteiger partial charge is 0.349 e. The van der Waals surface area contributed by atoms with Crippen molar-refractivity contribution in [1.82, 2.24) is 14.3 Å². The number of benzene rings is 1. The van der Waals surface area contributed by atoms with Gasteiger partial charge in [0.2, 0.25) is 5.82 Å². The third kappa shape index (κ3) is 3.84.